The second-order valence-electron chi connectivity index (χ2n) is 5.41. The Morgan fingerprint density at radius 2 is 1.92 bits per heavy atom. The molecule has 2 heterocycles. The summed E-state index contributed by atoms with van der Waals surface area (Å²) in [5.41, 5.74) is 0. The molecule has 1 atom stereocenters. The molecule has 2 amide bonds. The fraction of sp³-hybridized carbons (Fsp3) is 0.571. The lowest BCUT2D eigenvalue weighted by Gasteiger charge is -2.24. The summed E-state index contributed by atoms with van der Waals surface area (Å²) in [4.78, 5) is 27.2. The molecule has 1 aromatic heterocycles. The van der Waals surface area contributed by atoms with Crippen LogP contribution in [0.2, 0.25) is 0 Å². The lowest BCUT2D eigenvalue weighted by atomic mass is 10.3. The number of thiophene rings is 1. The van der Waals surface area contributed by atoms with Gasteiger partial charge in [-0.1, -0.05) is 6.07 Å². The van der Waals surface area contributed by atoms with E-state index in [1.807, 2.05) is 0 Å². The molecule has 1 saturated heterocycles. The summed E-state index contributed by atoms with van der Waals surface area (Å²) >= 11 is 1.10. The smallest absolute Gasteiger partial charge is 0.409 e. The number of ether oxygens (including phenoxy) is 1. The van der Waals surface area contributed by atoms with Crippen LogP contribution in [0.5, 0.6) is 0 Å². The molecule has 1 unspecified atom stereocenters. The van der Waals surface area contributed by atoms with Gasteiger partial charge < -0.3 is 14.5 Å². The zero-order valence-electron chi connectivity index (χ0n) is 13.6. The summed E-state index contributed by atoms with van der Waals surface area (Å²) in [7, 11) is -2.38. The minimum absolute atomic E-state index is 0.176. The zero-order valence-corrected chi connectivity index (χ0v) is 15.2. The van der Waals surface area contributed by atoms with Crippen molar-refractivity contribution < 1.29 is 22.7 Å². The SMILES string of the molecule is COC(=O)N1CCCN(C(=O)C(C)NS(=O)(=O)c2cccs2)CC1. The van der Waals surface area contributed by atoms with E-state index in [9.17, 15) is 18.0 Å². The van der Waals surface area contributed by atoms with Crippen molar-refractivity contribution in [2.75, 3.05) is 33.3 Å². The van der Waals surface area contributed by atoms with Gasteiger partial charge >= 0.3 is 6.09 Å². The number of sulfonamides is 1. The largest absolute Gasteiger partial charge is 0.453 e. The summed E-state index contributed by atoms with van der Waals surface area (Å²) in [6.07, 6.45) is 0.196. The highest BCUT2D eigenvalue weighted by atomic mass is 32.2. The minimum Gasteiger partial charge on any atom is -0.453 e. The molecule has 24 heavy (non-hydrogen) atoms. The number of nitrogens with one attached hydrogen (secondary N) is 1. The third-order valence-electron chi connectivity index (χ3n) is 3.70. The predicted octanol–water partition coefficient (Wildman–Crippen LogP) is 0.716. The van der Waals surface area contributed by atoms with Gasteiger partial charge in [-0.2, -0.15) is 4.72 Å². The van der Waals surface area contributed by atoms with Crippen LogP contribution in [0.3, 0.4) is 0 Å². The lowest BCUT2D eigenvalue weighted by molar-refractivity contribution is -0.132. The number of amides is 2. The maximum atomic E-state index is 12.5. The Kier molecular flexibility index (Phi) is 6.19. The van der Waals surface area contributed by atoms with E-state index < -0.39 is 22.2 Å². The zero-order chi connectivity index (χ0) is 17.7. The average Bonchev–Trinajstić information content (AvgIpc) is 2.99. The van der Waals surface area contributed by atoms with Crippen LogP contribution >= 0.6 is 11.3 Å². The molecule has 1 fully saturated rings. The van der Waals surface area contributed by atoms with E-state index in [1.54, 1.807) is 16.3 Å². The Balaban J connectivity index is 1.97. The number of nitrogens with zero attached hydrogens (tertiary/aromatic N) is 2. The predicted molar refractivity (Wildman–Crippen MR) is 89.3 cm³/mol. The molecule has 8 nitrogen and oxygen atoms in total. The number of hydrogen-bond acceptors (Lipinski definition) is 6. The van der Waals surface area contributed by atoms with Crippen molar-refractivity contribution in [3.05, 3.63) is 17.5 Å². The maximum Gasteiger partial charge on any atom is 0.409 e. The van der Waals surface area contributed by atoms with Gasteiger partial charge in [-0.15, -0.1) is 11.3 Å². The number of methoxy groups -OCH3 is 1. The van der Waals surface area contributed by atoms with Gasteiger partial charge in [0.2, 0.25) is 5.91 Å². The lowest BCUT2D eigenvalue weighted by Crippen LogP contribution is -2.48. The Labute approximate surface area is 145 Å². The third-order valence-corrected chi connectivity index (χ3v) is 6.64. The van der Waals surface area contributed by atoms with Crippen LogP contribution in [-0.2, 0) is 19.6 Å². The van der Waals surface area contributed by atoms with Crippen LogP contribution in [0.4, 0.5) is 4.79 Å². The fourth-order valence-corrected chi connectivity index (χ4v) is 4.69. The first-order chi connectivity index (χ1) is 11.3. The third kappa shape index (κ3) is 4.46. The van der Waals surface area contributed by atoms with Crippen molar-refractivity contribution >= 4 is 33.4 Å². The average molecular weight is 375 g/mol. The van der Waals surface area contributed by atoms with E-state index >= 15 is 0 Å². The van der Waals surface area contributed by atoms with E-state index in [0.717, 1.165) is 11.3 Å². The molecule has 0 bridgehead atoms. The standard InChI is InChI=1S/C14H21N3O5S2/c1-11(15-24(20,21)12-5-3-10-23-12)13(18)16-6-4-7-17(9-8-16)14(19)22-2/h3,5,10-11,15H,4,6-9H2,1-2H3. The number of hydrogen-bond donors (Lipinski definition) is 1. The number of carbonyl (C=O) groups excluding carboxylic acids is 2. The Bertz CT molecular complexity index is 675. The first-order valence-corrected chi connectivity index (χ1v) is 9.89. The van der Waals surface area contributed by atoms with Crippen LogP contribution < -0.4 is 4.72 Å². The van der Waals surface area contributed by atoms with E-state index in [4.69, 9.17) is 0 Å². The van der Waals surface area contributed by atoms with Gasteiger partial charge in [-0.05, 0) is 24.8 Å². The summed E-state index contributed by atoms with van der Waals surface area (Å²) < 4.78 is 31.7. The summed E-state index contributed by atoms with van der Waals surface area (Å²) in [5.74, 6) is -0.304. The van der Waals surface area contributed by atoms with E-state index in [0.29, 0.717) is 32.6 Å². The molecule has 0 aliphatic carbocycles. The first kappa shape index (κ1) is 18.7. The van der Waals surface area contributed by atoms with Gasteiger partial charge in [0.05, 0.1) is 13.2 Å². The van der Waals surface area contributed by atoms with E-state index in [-0.39, 0.29) is 10.1 Å². The van der Waals surface area contributed by atoms with Crippen molar-refractivity contribution in [3.63, 3.8) is 0 Å². The van der Waals surface area contributed by atoms with E-state index in [2.05, 4.69) is 9.46 Å². The molecular weight excluding hydrogens is 354 g/mol. The van der Waals surface area contributed by atoms with Crippen LogP contribution in [0.1, 0.15) is 13.3 Å². The van der Waals surface area contributed by atoms with Crippen molar-refractivity contribution in [1.29, 1.82) is 0 Å². The Morgan fingerprint density at radius 1 is 1.25 bits per heavy atom. The minimum atomic E-state index is -3.70. The van der Waals surface area contributed by atoms with Gasteiger partial charge in [0, 0.05) is 26.2 Å². The highest BCUT2D eigenvalue weighted by molar-refractivity contribution is 7.91. The highest BCUT2D eigenvalue weighted by Gasteiger charge is 2.28. The normalized spacial score (nSPS) is 17.2. The number of carbonyl (C=O) groups is 2. The van der Waals surface area contributed by atoms with Gasteiger partial charge in [0.15, 0.2) is 0 Å². The molecule has 2 rings (SSSR count). The molecule has 0 spiro atoms. The first-order valence-electron chi connectivity index (χ1n) is 7.52. The molecule has 10 heteroatoms. The monoisotopic (exact) mass is 375 g/mol. The van der Waals surface area contributed by atoms with Gasteiger partial charge in [0.1, 0.15) is 4.21 Å². The topological polar surface area (TPSA) is 96.0 Å². The van der Waals surface area contributed by atoms with Crippen LogP contribution in [0.15, 0.2) is 21.7 Å². The van der Waals surface area contributed by atoms with Crippen LogP contribution in [0, 0.1) is 0 Å². The molecule has 1 aliphatic heterocycles. The summed E-state index contributed by atoms with van der Waals surface area (Å²) in [6, 6.07) is 2.26. The summed E-state index contributed by atoms with van der Waals surface area (Å²) in [5, 5.41) is 1.66. The maximum absolute atomic E-state index is 12.5. The quantitative estimate of drug-likeness (QED) is 0.836. The molecule has 0 saturated carbocycles. The van der Waals surface area contributed by atoms with Gasteiger partial charge in [-0.3, -0.25) is 4.79 Å². The second kappa shape index (κ2) is 7.95. The molecular formula is C14H21N3O5S2. The van der Waals surface area contributed by atoms with Crippen molar-refractivity contribution in [2.24, 2.45) is 0 Å². The van der Waals surface area contributed by atoms with Gasteiger partial charge in [0.25, 0.3) is 10.0 Å². The van der Waals surface area contributed by atoms with Crippen LogP contribution in [-0.4, -0.2) is 69.5 Å². The van der Waals surface area contributed by atoms with Gasteiger partial charge in [-0.25, -0.2) is 13.2 Å². The van der Waals surface area contributed by atoms with Crippen LogP contribution in [0.25, 0.3) is 0 Å². The Morgan fingerprint density at radius 3 is 2.54 bits per heavy atom. The molecule has 134 valence electrons. The highest BCUT2D eigenvalue weighted by Crippen LogP contribution is 2.16. The number of rotatable bonds is 4. The molecule has 1 N–H and O–H groups in total. The van der Waals surface area contributed by atoms with Crippen molar-refractivity contribution in [3.8, 4) is 0 Å². The van der Waals surface area contributed by atoms with E-state index in [1.165, 1.54) is 25.0 Å². The molecule has 0 radical (unpaired) electrons. The second-order valence-corrected chi connectivity index (χ2v) is 8.30. The summed E-state index contributed by atoms with van der Waals surface area (Å²) in [6.45, 7) is 3.21. The Hall–Kier alpha value is -1.65. The molecule has 1 aromatic rings. The van der Waals surface area contributed by atoms with Crippen molar-refractivity contribution in [2.45, 2.75) is 23.6 Å². The fourth-order valence-electron chi connectivity index (χ4n) is 2.48. The molecule has 1 aliphatic rings. The van der Waals surface area contributed by atoms with Crippen molar-refractivity contribution in [1.82, 2.24) is 14.5 Å². The molecule has 0 aromatic carbocycles.